The molecule has 0 saturated heterocycles. The molecular weight excluding hydrogens is 430 g/mol. The first-order chi connectivity index (χ1) is 16.4. The highest BCUT2D eigenvalue weighted by Crippen LogP contribution is 2.17. The standard InChI is InChI=1S/C27H31N3O4/c1-30(2)23-13-9-20(10-14-23)6-5-17-28-27(32)21-11-15-24(16-12-21)34-19-26(31)29-22-7-4-8-25(18-22)33-3/h4,7-16,18H,5-6,17,19H2,1-3H3,(H,28,32)(H,29,31). The number of carbonyl (C=O) groups excluding carboxylic acids is 2. The van der Waals surface area contributed by atoms with Crippen LogP contribution in [0.15, 0.2) is 72.8 Å². The summed E-state index contributed by atoms with van der Waals surface area (Å²) >= 11 is 0. The lowest BCUT2D eigenvalue weighted by atomic mass is 10.1. The number of aryl methyl sites for hydroxylation is 1. The van der Waals surface area contributed by atoms with Crippen LogP contribution >= 0.6 is 0 Å². The Morgan fingerprint density at radius 1 is 0.912 bits per heavy atom. The normalized spacial score (nSPS) is 10.3. The summed E-state index contributed by atoms with van der Waals surface area (Å²) in [4.78, 5) is 26.6. The van der Waals surface area contributed by atoms with Crippen LogP contribution in [-0.2, 0) is 11.2 Å². The molecule has 3 rings (SSSR count). The maximum atomic E-state index is 12.4. The second-order valence-electron chi connectivity index (χ2n) is 8.01. The topological polar surface area (TPSA) is 79.9 Å². The van der Waals surface area contributed by atoms with Crippen LogP contribution in [0.1, 0.15) is 22.3 Å². The number of rotatable bonds is 11. The zero-order valence-corrected chi connectivity index (χ0v) is 19.8. The van der Waals surface area contributed by atoms with Gasteiger partial charge in [0.25, 0.3) is 11.8 Å². The van der Waals surface area contributed by atoms with Crippen LogP contribution in [0.2, 0.25) is 0 Å². The third kappa shape index (κ3) is 7.55. The average Bonchev–Trinajstić information content (AvgIpc) is 2.86. The Bertz CT molecular complexity index is 1080. The molecule has 0 aliphatic heterocycles. The van der Waals surface area contributed by atoms with E-state index >= 15 is 0 Å². The number of carbonyl (C=O) groups is 2. The summed E-state index contributed by atoms with van der Waals surface area (Å²) in [6.45, 7) is 0.454. The van der Waals surface area contributed by atoms with Gasteiger partial charge in [0, 0.05) is 43.6 Å². The third-order valence-electron chi connectivity index (χ3n) is 5.22. The SMILES string of the molecule is COc1cccc(NC(=O)COc2ccc(C(=O)NCCCc3ccc(N(C)C)cc3)cc2)c1. The van der Waals surface area contributed by atoms with Gasteiger partial charge in [0.2, 0.25) is 0 Å². The second-order valence-corrected chi connectivity index (χ2v) is 8.01. The van der Waals surface area contributed by atoms with Crippen LogP contribution < -0.4 is 25.0 Å². The second kappa shape index (κ2) is 12.3. The predicted octanol–water partition coefficient (Wildman–Crippen LogP) is 4.14. The maximum absolute atomic E-state index is 12.4. The third-order valence-corrected chi connectivity index (χ3v) is 5.22. The lowest BCUT2D eigenvalue weighted by Crippen LogP contribution is -2.24. The Hall–Kier alpha value is -4.00. The highest BCUT2D eigenvalue weighted by atomic mass is 16.5. The maximum Gasteiger partial charge on any atom is 0.262 e. The molecule has 0 atom stereocenters. The Morgan fingerprint density at radius 2 is 1.65 bits per heavy atom. The molecule has 0 bridgehead atoms. The molecule has 0 aromatic heterocycles. The van der Waals surface area contributed by atoms with Gasteiger partial charge in [-0.05, 0) is 66.9 Å². The van der Waals surface area contributed by atoms with E-state index in [9.17, 15) is 9.59 Å². The van der Waals surface area contributed by atoms with E-state index < -0.39 is 0 Å². The largest absolute Gasteiger partial charge is 0.497 e. The number of hydrogen-bond acceptors (Lipinski definition) is 5. The molecule has 7 nitrogen and oxygen atoms in total. The molecule has 0 fully saturated rings. The molecule has 0 unspecified atom stereocenters. The molecular formula is C27H31N3O4. The van der Waals surface area contributed by atoms with Gasteiger partial charge in [0.1, 0.15) is 11.5 Å². The molecule has 3 aromatic rings. The number of nitrogens with one attached hydrogen (secondary N) is 2. The van der Waals surface area contributed by atoms with E-state index in [1.54, 1.807) is 55.6 Å². The number of ether oxygens (including phenoxy) is 2. The highest BCUT2D eigenvalue weighted by molar-refractivity contribution is 5.94. The van der Waals surface area contributed by atoms with Crippen LogP contribution in [-0.4, -0.2) is 46.2 Å². The Morgan fingerprint density at radius 3 is 2.32 bits per heavy atom. The summed E-state index contributed by atoms with van der Waals surface area (Å²) in [5.74, 6) is 0.751. The number of amides is 2. The van der Waals surface area contributed by atoms with Gasteiger partial charge in [-0.25, -0.2) is 0 Å². The number of nitrogens with zero attached hydrogens (tertiary/aromatic N) is 1. The fourth-order valence-electron chi connectivity index (χ4n) is 3.31. The van der Waals surface area contributed by atoms with E-state index in [-0.39, 0.29) is 18.4 Å². The van der Waals surface area contributed by atoms with Crippen molar-refractivity contribution in [3.63, 3.8) is 0 Å². The van der Waals surface area contributed by atoms with Crippen LogP contribution in [0.4, 0.5) is 11.4 Å². The average molecular weight is 462 g/mol. The minimum atomic E-state index is -0.286. The quantitative estimate of drug-likeness (QED) is 0.420. The lowest BCUT2D eigenvalue weighted by molar-refractivity contribution is -0.118. The van der Waals surface area contributed by atoms with Crippen LogP contribution in [0.3, 0.4) is 0 Å². The Balaban J connectivity index is 1.38. The monoisotopic (exact) mass is 461 g/mol. The fraction of sp³-hybridized carbons (Fsp3) is 0.259. The van der Waals surface area contributed by atoms with Crippen LogP contribution in [0, 0.1) is 0 Å². The zero-order valence-electron chi connectivity index (χ0n) is 19.8. The van der Waals surface area contributed by atoms with E-state index in [4.69, 9.17) is 9.47 Å². The zero-order chi connectivity index (χ0) is 24.3. The molecule has 3 aromatic carbocycles. The van der Waals surface area contributed by atoms with Crippen molar-refractivity contribution in [3.8, 4) is 11.5 Å². The van der Waals surface area contributed by atoms with Gasteiger partial charge in [-0.15, -0.1) is 0 Å². The summed E-state index contributed by atoms with van der Waals surface area (Å²) in [6.07, 6.45) is 1.76. The van der Waals surface area contributed by atoms with E-state index in [1.807, 2.05) is 14.1 Å². The van der Waals surface area contributed by atoms with E-state index in [0.717, 1.165) is 12.8 Å². The first kappa shape index (κ1) is 24.6. The first-order valence-electron chi connectivity index (χ1n) is 11.2. The smallest absolute Gasteiger partial charge is 0.262 e. The van der Waals surface area contributed by atoms with Crippen molar-refractivity contribution in [2.75, 3.05) is 44.6 Å². The Labute approximate surface area is 200 Å². The number of methoxy groups -OCH3 is 1. The molecule has 0 aliphatic rings. The van der Waals surface area contributed by atoms with Gasteiger partial charge in [-0.1, -0.05) is 18.2 Å². The molecule has 0 aliphatic carbocycles. The highest BCUT2D eigenvalue weighted by Gasteiger charge is 2.08. The van der Waals surface area contributed by atoms with E-state index in [0.29, 0.717) is 29.3 Å². The summed E-state index contributed by atoms with van der Waals surface area (Å²) in [5.41, 5.74) is 3.59. The van der Waals surface area contributed by atoms with Gasteiger partial charge in [-0.3, -0.25) is 9.59 Å². The summed E-state index contributed by atoms with van der Waals surface area (Å²) < 4.78 is 10.7. The number of anilines is 2. The lowest BCUT2D eigenvalue weighted by Gasteiger charge is -2.12. The molecule has 7 heteroatoms. The number of hydrogen-bond donors (Lipinski definition) is 2. The van der Waals surface area contributed by atoms with Crippen LogP contribution in [0.25, 0.3) is 0 Å². The van der Waals surface area contributed by atoms with Crippen molar-refractivity contribution in [1.82, 2.24) is 5.32 Å². The fourth-order valence-corrected chi connectivity index (χ4v) is 3.31. The van der Waals surface area contributed by atoms with Crippen molar-refractivity contribution in [3.05, 3.63) is 83.9 Å². The molecule has 34 heavy (non-hydrogen) atoms. The summed E-state index contributed by atoms with van der Waals surface area (Å²) in [6, 6.07) is 22.3. The number of benzene rings is 3. The van der Waals surface area contributed by atoms with Crippen molar-refractivity contribution in [1.29, 1.82) is 0 Å². The van der Waals surface area contributed by atoms with Crippen molar-refractivity contribution in [2.24, 2.45) is 0 Å². The van der Waals surface area contributed by atoms with Crippen molar-refractivity contribution < 1.29 is 19.1 Å². The molecule has 0 heterocycles. The molecule has 178 valence electrons. The van der Waals surface area contributed by atoms with E-state index in [2.05, 4.69) is 39.8 Å². The van der Waals surface area contributed by atoms with Crippen LogP contribution in [0.5, 0.6) is 11.5 Å². The molecule has 0 saturated carbocycles. The first-order valence-corrected chi connectivity index (χ1v) is 11.2. The summed E-state index contributed by atoms with van der Waals surface area (Å²) in [5, 5.41) is 5.70. The predicted molar refractivity (Wildman–Crippen MR) is 135 cm³/mol. The van der Waals surface area contributed by atoms with E-state index in [1.165, 1.54) is 11.3 Å². The van der Waals surface area contributed by atoms with Gasteiger partial charge < -0.3 is 25.0 Å². The van der Waals surface area contributed by atoms with Crippen molar-refractivity contribution >= 4 is 23.2 Å². The minimum absolute atomic E-state index is 0.134. The summed E-state index contributed by atoms with van der Waals surface area (Å²) in [7, 11) is 5.60. The van der Waals surface area contributed by atoms with Gasteiger partial charge in [0.15, 0.2) is 6.61 Å². The van der Waals surface area contributed by atoms with Gasteiger partial charge in [-0.2, -0.15) is 0 Å². The molecule has 2 amide bonds. The minimum Gasteiger partial charge on any atom is -0.497 e. The van der Waals surface area contributed by atoms with Crippen molar-refractivity contribution in [2.45, 2.75) is 12.8 Å². The molecule has 2 N–H and O–H groups in total. The molecule has 0 spiro atoms. The van der Waals surface area contributed by atoms with Gasteiger partial charge >= 0.3 is 0 Å². The molecule has 0 radical (unpaired) electrons. The Kier molecular flexibility index (Phi) is 8.91. The van der Waals surface area contributed by atoms with Gasteiger partial charge in [0.05, 0.1) is 7.11 Å².